The monoisotopic (exact) mass is 316 g/mol. The zero-order chi connectivity index (χ0) is 15.7. The van der Waals surface area contributed by atoms with Gasteiger partial charge in [-0.05, 0) is 23.8 Å². The third kappa shape index (κ3) is 2.63. The Labute approximate surface area is 132 Å². The number of anilines is 1. The first-order valence-electron chi connectivity index (χ1n) is 6.67. The van der Waals surface area contributed by atoms with Gasteiger partial charge in [-0.2, -0.15) is 0 Å². The Balaban J connectivity index is 2.11. The van der Waals surface area contributed by atoms with E-state index < -0.39 is 18.1 Å². The molecule has 2 N–H and O–H groups in total. The lowest BCUT2D eigenvalue weighted by Crippen LogP contribution is -2.43. The fourth-order valence-electron chi connectivity index (χ4n) is 2.49. The Bertz CT molecular complexity index is 733. The van der Waals surface area contributed by atoms with E-state index in [1.807, 2.05) is 30.3 Å². The van der Waals surface area contributed by atoms with E-state index in [1.54, 1.807) is 18.2 Å². The van der Waals surface area contributed by atoms with Crippen molar-refractivity contribution in [2.75, 3.05) is 11.4 Å². The largest absolute Gasteiger partial charge is 0.436 e. The van der Waals surface area contributed by atoms with Crippen LogP contribution in [-0.4, -0.2) is 18.5 Å². The van der Waals surface area contributed by atoms with Crippen molar-refractivity contribution in [1.29, 1.82) is 0 Å². The van der Waals surface area contributed by atoms with Crippen LogP contribution in [0.25, 0.3) is 0 Å². The van der Waals surface area contributed by atoms with Crippen LogP contribution in [0.2, 0.25) is 5.02 Å². The highest BCUT2D eigenvalue weighted by Crippen LogP contribution is 2.39. The predicted octanol–water partition coefficient (Wildman–Crippen LogP) is 2.87. The van der Waals surface area contributed by atoms with Gasteiger partial charge in [0.15, 0.2) is 6.10 Å². The fourth-order valence-corrected chi connectivity index (χ4v) is 2.67. The van der Waals surface area contributed by atoms with Gasteiger partial charge in [0, 0.05) is 10.6 Å². The first-order valence-corrected chi connectivity index (χ1v) is 7.05. The molecule has 2 aromatic carbocycles. The Morgan fingerprint density at radius 3 is 2.64 bits per heavy atom. The Morgan fingerprint density at radius 1 is 1.23 bits per heavy atom. The van der Waals surface area contributed by atoms with Crippen LogP contribution in [0.5, 0.6) is 0 Å². The van der Waals surface area contributed by atoms with Gasteiger partial charge < -0.3 is 10.5 Å². The number of primary amides is 1. The van der Waals surface area contributed by atoms with Gasteiger partial charge >= 0.3 is 6.09 Å². The zero-order valence-electron chi connectivity index (χ0n) is 11.5. The van der Waals surface area contributed by atoms with E-state index in [-0.39, 0.29) is 6.54 Å². The molecule has 22 heavy (non-hydrogen) atoms. The van der Waals surface area contributed by atoms with Crippen LogP contribution in [0.1, 0.15) is 17.2 Å². The number of fused-ring (bicyclic) bond motifs is 1. The van der Waals surface area contributed by atoms with Crippen molar-refractivity contribution >= 4 is 29.3 Å². The van der Waals surface area contributed by atoms with Gasteiger partial charge in [-0.1, -0.05) is 41.9 Å². The van der Waals surface area contributed by atoms with Crippen molar-refractivity contribution in [1.82, 2.24) is 0 Å². The quantitative estimate of drug-likeness (QED) is 0.946. The molecule has 0 fully saturated rings. The summed E-state index contributed by atoms with van der Waals surface area (Å²) in [5.74, 6) is -0.615. The summed E-state index contributed by atoms with van der Waals surface area (Å²) in [4.78, 5) is 24.6. The summed E-state index contributed by atoms with van der Waals surface area (Å²) in [6.45, 7) is -0.241. The molecule has 0 radical (unpaired) electrons. The van der Waals surface area contributed by atoms with Gasteiger partial charge in [0.05, 0.1) is 5.69 Å². The van der Waals surface area contributed by atoms with E-state index in [1.165, 1.54) is 4.90 Å². The van der Waals surface area contributed by atoms with Crippen molar-refractivity contribution in [2.24, 2.45) is 5.73 Å². The van der Waals surface area contributed by atoms with Crippen LogP contribution in [0.4, 0.5) is 10.5 Å². The van der Waals surface area contributed by atoms with Gasteiger partial charge in [-0.3, -0.25) is 9.69 Å². The maximum atomic E-state index is 12.2. The van der Waals surface area contributed by atoms with E-state index in [2.05, 4.69) is 0 Å². The van der Waals surface area contributed by atoms with E-state index >= 15 is 0 Å². The molecule has 0 aliphatic carbocycles. The minimum absolute atomic E-state index is 0.241. The molecule has 0 saturated heterocycles. The maximum absolute atomic E-state index is 12.2. The average Bonchev–Trinajstić information content (AvgIpc) is 2.50. The van der Waals surface area contributed by atoms with Crippen LogP contribution < -0.4 is 10.6 Å². The molecule has 1 heterocycles. The van der Waals surface area contributed by atoms with Crippen LogP contribution in [0, 0.1) is 0 Å². The smallest absolute Gasteiger partial charge is 0.415 e. The van der Waals surface area contributed by atoms with Gasteiger partial charge in [0.2, 0.25) is 5.91 Å². The third-order valence-electron chi connectivity index (χ3n) is 3.42. The molecule has 1 aliphatic rings. The number of benzene rings is 2. The van der Waals surface area contributed by atoms with Crippen molar-refractivity contribution in [3.63, 3.8) is 0 Å². The van der Waals surface area contributed by atoms with Gasteiger partial charge in [-0.25, -0.2) is 4.79 Å². The second kappa shape index (κ2) is 5.69. The molecule has 112 valence electrons. The number of rotatable bonds is 3. The summed E-state index contributed by atoms with van der Waals surface area (Å²) in [6.07, 6.45) is -1.17. The first-order chi connectivity index (χ1) is 10.6. The fraction of sp³-hybridized carbons (Fsp3) is 0.125. The highest BCUT2D eigenvalue weighted by atomic mass is 35.5. The van der Waals surface area contributed by atoms with Crippen LogP contribution in [0.15, 0.2) is 48.5 Å². The summed E-state index contributed by atoms with van der Waals surface area (Å²) in [5, 5.41) is 0.525. The number of nitrogens with two attached hydrogens (primary N) is 1. The lowest BCUT2D eigenvalue weighted by molar-refractivity contribution is -0.116. The number of carbonyl (C=O) groups excluding carboxylic acids is 2. The molecule has 0 spiro atoms. The SMILES string of the molecule is NC(=O)CN1C(=O)OC(c2ccccc2)c2cc(Cl)ccc21. The van der Waals surface area contributed by atoms with Crippen LogP contribution in [0.3, 0.4) is 0 Å². The van der Waals surface area contributed by atoms with Gasteiger partial charge in [0.25, 0.3) is 0 Å². The summed E-state index contributed by atoms with van der Waals surface area (Å²) < 4.78 is 5.49. The number of cyclic esters (lactones) is 1. The summed E-state index contributed by atoms with van der Waals surface area (Å²) in [7, 11) is 0. The average molecular weight is 317 g/mol. The molecule has 0 bridgehead atoms. The minimum Gasteiger partial charge on any atom is -0.436 e. The first kappa shape index (κ1) is 14.4. The predicted molar refractivity (Wildman–Crippen MR) is 82.8 cm³/mol. The molecular formula is C16H13ClN2O3. The molecule has 2 aromatic rings. The Morgan fingerprint density at radius 2 is 1.95 bits per heavy atom. The number of hydrogen-bond acceptors (Lipinski definition) is 3. The van der Waals surface area contributed by atoms with E-state index in [0.717, 1.165) is 11.1 Å². The topological polar surface area (TPSA) is 72.6 Å². The normalized spacial score (nSPS) is 16.9. The van der Waals surface area contributed by atoms with Crippen LogP contribution in [-0.2, 0) is 9.53 Å². The molecule has 0 aromatic heterocycles. The molecule has 1 atom stereocenters. The van der Waals surface area contributed by atoms with E-state index in [0.29, 0.717) is 10.7 Å². The molecule has 3 rings (SSSR count). The summed E-state index contributed by atoms with van der Waals surface area (Å²) in [6, 6.07) is 14.4. The van der Waals surface area contributed by atoms with E-state index in [9.17, 15) is 9.59 Å². The highest BCUT2D eigenvalue weighted by Gasteiger charge is 2.34. The van der Waals surface area contributed by atoms with Gasteiger partial charge in [0.1, 0.15) is 6.54 Å². The summed E-state index contributed by atoms with van der Waals surface area (Å²) in [5.41, 5.74) is 7.33. The lowest BCUT2D eigenvalue weighted by Gasteiger charge is -2.33. The second-order valence-corrected chi connectivity index (χ2v) is 5.37. The standard InChI is InChI=1S/C16H13ClN2O3/c17-11-6-7-13-12(8-11)15(10-4-2-1-3-5-10)22-16(21)19(13)9-14(18)20/h1-8,15H,9H2,(H2,18,20). The molecule has 5 nitrogen and oxygen atoms in total. The number of ether oxygens (including phenoxy) is 1. The highest BCUT2D eigenvalue weighted by molar-refractivity contribution is 6.30. The molecule has 0 saturated carbocycles. The number of halogens is 1. The molecule has 1 unspecified atom stereocenters. The number of nitrogens with zero attached hydrogens (tertiary/aromatic N) is 1. The van der Waals surface area contributed by atoms with E-state index in [4.69, 9.17) is 22.1 Å². The van der Waals surface area contributed by atoms with Crippen molar-refractivity contribution in [3.05, 3.63) is 64.7 Å². The number of amides is 2. The maximum Gasteiger partial charge on any atom is 0.415 e. The molecule has 1 aliphatic heterocycles. The third-order valence-corrected chi connectivity index (χ3v) is 3.65. The summed E-state index contributed by atoms with van der Waals surface area (Å²) >= 11 is 6.07. The molecule has 6 heteroatoms. The van der Waals surface area contributed by atoms with Crippen molar-refractivity contribution in [3.8, 4) is 0 Å². The van der Waals surface area contributed by atoms with Crippen molar-refractivity contribution in [2.45, 2.75) is 6.10 Å². The van der Waals surface area contributed by atoms with Crippen molar-refractivity contribution < 1.29 is 14.3 Å². The lowest BCUT2D eigenvalue weighted by atomic mass is 9.98. The Kier molecular flexibility index (Phi) is 3.73. The zero-order valence-corrected chi connectivity index (χ0v) is 12.3. The Hall–Kier alpha value is -2.53. The molecular weight excluding hydrogens is 304 g/mol. The minimum atomic E-state index is -0.615. The van der Waals surface area contributed by atoms with Crippen LogP contribution >= 0.6 is 11.6 Å². The number of hydrogen-bond donors (Lipinski definition) is 1. The molecule has 2 amide bonds. The second-order valence-electron chi connectivity index (χ2n) is 4.93. The number of carbonyl (C=O) groups is 2. The van der Waals surface area contributed by atoms with Gasteiger partial charge in [-0.15, -0.1) is 0 Å².